The molecular formula is C11H16N2O4S. The number of carbonyl (C=O) groups is 1. The molecule has 1 aromatic carbocycles. The SMILES string of the molecule is CN(c1ccccc1S(N)(=O)=O)C(C)(C)C(=O)O. The number of nitrogens with zero attached hydrogens (tertiary/aromatic N) is 1. The van der Waals surface area contributed by atoms with Crippen LogP contribution in [0, 0.1) is 0 Å². The average molecular weight is 272 g/mol. The molecule has 6 nitrogen and oxygen atoms in total. The predicted octanol–water partition coefficient (Wildman–Crippen LogP) is 0.633. The van der Waals surface area contributed by atoms with Crippen molar-refractivity contribution in [2.45, 2.75) is 24.3 Å². The maximum Gasteiger partial charge on any atom is 0.328 e. The molecule has 0 heterocycles. The van der Waals surface area contributed by atoms with E-state index in [1.807, 2.05) is 0 Å². The third kappa shape index (κ3) is 2.62. The van der Waals surface area contributed by atoms with Crippen molar-refractivity contribution >= 4 is 21.7 Å². The van der Waals surface area contributed by atoms with Crippen LogP contribution in [0.5, 0.6) is 0 Å². The van der Waals surface area contributed by atoms with E-state index in [1.54, 1.807) is 6.07 Å². The van der Waals surface area contributed by atoms with Gasteiger partial charge in [-0.1, -0.05) is 12.1 Å². The van der Waals surface area contributed by atoms with Crippen LogP contribution in [0.4, 0.5) is 5.69 Å². The number of para-hydroxylation sites is 1. The van der Waals surface area contributed by atoms with Gasteiger partial charge in [-0.25, -0.2) is 18.4 Å². The molecule has 0 amide bonds. The van der Waals surface area contributed by atoms with Gasteiger partial charge in [-0.2, -0.15) is 0 Å². The van der Waals surface area contributed by atoms with E-state index in [2.05, 4.69) is 0 Å². The van der Waals surface area contributed by atoms with Gasteiger partial charge >= 0.3 is 5.97 Å². The second kappa shape index (κ2) is 4.58. The summed E-state index contributed by atoms with van der Waals surface area (Å²) in [5, 5.41) is 14.3. The standard InChI is InChI=1S/C11H16N2O4S/c1-11(2,10(14)15)13(3)8-6-4-5-7-9(8)18(12,16)17/h4-7H,1-3H3,(H,14,15)(H2,12,16,17). The molecule has 3 N–H and O–H groups in total. The Morgan fingerprint density at radius 2 is 1.83 bits per heavy atom. The van der Waals surface area contributed by atoms with E-state index in [0.717, 1.165) is 0 Å². The fraction of sp³-hybridized carbons (Fsp3) is 0.364. The number of benzene rings is 1. The van der Waals surface area contributed by atoms with Gasteiger partial charge in [-0.3, -0.25) is 0 Å². The number of primary sulfonamides is 1. The molecule has 0 bridgehead atoms. The Balaban J connectivity index is 3.40. The first-order chi connectivity index (χ1) is 8.08. The van der Waals surface area contributed by atoms with Gasteiger partial charge in [0.05, 0.1) is 5.69 Å². The van der Waals surface area contributed by atoms with Crippen molar-refractivity contribution in [2.75, 3.05) is 11.9 Å². The van der Waals surface area contributed by atoms with Crippen LogP contribution in [0.2, 0.25) is 0 Å². The van der Waals surface area contributed by atoms with Gasteiger partial charge < -0.3 is 10.0 Å². The summed E-state index contributed by atoms with van der Waals surface area (Å²) in [7, 11) is -2.39. The molecule has 0 unspecified atom stereocenters. The number of nitrogens with two attached hydrogens (primary N) is 1. The first-order valence-electron chi connectivity index (χ1n) is 5.17. The summed E-state index contributed by atoms with van der Waals surface area (Å²) >= 11 is 0. The molecule has 0 radical (unpaired) electrons. The van der Waals surface area contributed by atoms with Crippen LogP contribution in [-0.2, 0) is 14.8 Å². The molecule has 0 aliphatic heterocycles. The normalized spacial score (nSPS) is 12.2. The Hall–Kier alpha value is -1.60. The highest BCUT2D eigenvalue weighted by atomic mass is 32.2. The van der Waals surface area contributed by atoms with Crippen molar-refractivity contribution < 1.29 is 18.3 Å². The monoisotopic (exact) mass is 272 g/mol. The predicted molar refractivity (Wildman–Crippen MR) is 67.9 cm³/mol. The highest BCUT2D eigenvalue weighted by Gasteiger charge is 2.34. The van der Waals surface area contributed by atoms with Gasteiger partial charge in [-0.15, -0.1) is 0 Å². The van der Waals surface area contributed by atoms with E-state index in [1.165, 1.54) is 44.0 Å². The van der Waals surface area contributed by atoms with Crippen molar-refractivity contribution in [3.8, 4) is 0 Å². The molecule has 0 saturated carbocycles. The van der Waals surface area contributed by atoms with E-state index in [-0.39, 0.29) is 10.6 Å². The second-order valence-corrected chi connectivity index (χ2v) is 5.97. The minimum Gasteiger partial charge on any atom is -0.480 e. The molecule has 0 fully saturated rings. The molecule has 0 aliphatic rings. The lowest BCUT2D eigenvalue weighted by molar-refractivity contribution is -0.142. The highest BCUT2D eigenvalue weighted by molar-refractivity contribution is 7.89. The Kier molecular flexibility index (Phi) is 3.68. The van der Waals surface area contributed by atoms with Crippen LogP contribution >= 0.6 is 0 Å². The lowest BCUT2D eigenvalue weighted by Gasteiger charge is -2.34. The van der Waals surface area contributed by atoms with Gasteiger partial charge in [0.25, 0.3) is 0 Å². The van der Waals surface area contributed by atoms with E-state index < -0.39 is 21.5 Å². The summed E-state index contributed by atoms with van der Waals surface area (Å²) < 4.78 is 22.9. The minimum absolute atomic E-state index is 0.0955. The van der Waals surface area contributed by atoms with Crippen molar-refractivity contribution in [3.63, 3.8) is 0 Å². The van der Waals surface area contributed by atoms with Crippen molar-refractivity contribution in [3.05, 3.63) is 24.3 Å². The number of anilines is 1. The maximum absolute atomic E-state index is 11.5. The summed E-state index contributed by atoms with van der Waals surface area (Å²) in [5.41, 5.74) is -0.992. The van der Waals surface area contributed by atoms with Gasteiger partial charge in [0, 0.05) is 7.05 Å². The summed E-state index contributed by atoms with van der Waals surface area (Å²) in [5.74, 6) is -1.06. The fourth-order valence-corrected chi connectivity index (χ4v) is 2.18. The number of carboxylic acids is 1. The fourth-order valence-electron chi connectivity index (χ4n) is 1.42. The lowest BCUT2D eigenvalue weighted by atomic mass is 10.0. The van der Waals surface area contributed by atoms with E-state index in [0.29, 0.717) is 0 Å². The number of likely N-dealkylation sites (N-methyl/N-ethyl adjacent to an activating group) is 1. The average Bonchev–Trinajstić information content (AvgIpc) is 2.26. The van der Waals surface area contributed by atoms with Crippen molar-refractivity contribution in [2.24, 2.45) is 5.14 Å². The van der Waals surface area contributed by atoms with Gasteiger partial charge in [0.2, 0.25) is 10.0 Å². The molecule has 0 aromatic heterocycles. The number of hydrogen-bond acceptors (Lipinski definition) is 4. The van der Waals surface area contributed by atoms with Crippen molar-refractivity contribution in [1.29, 1.82) is 0 Å². The van der Waals surface area contributed by atoms with Crippen LogP contribution in [0.25, 0.3) is 0 Å². The first-order valence-corrected chi connectivity index (χ1v) is 6.72. The van der Waals surface area contributed by atoms with Gasteiger partial charge in [0.15, 0.2) is 0 Å². The first kappa shape index (κ1) is 14.5. The number of aliphatic carboxylic acids is 1. The third-order valence-electron chi connectivity index (χ3n) is 2.90. The molecule has 100 valence electrons. The van der Waals surface area contributed by atoms with Crippen LogP contribution in [0.15, 0.2) is 29.2 Å². The van der Waals surface area contributed by atoms with E-state index in [4.69, 9.17) is 10.2 Å². The zero-order chi connectivity index (χ0) is 14.1. The van der Waals surface area contributed by atoms with E-state index in [9.17, 15) is 13.2 Å². The van der Waals surface area contributed by atoms with E-state index >= 15 is 0 Å². The largest absolute Gasteiger partial charge is 0.480 e. The molecule has 0 atom stereocenters. The number of sulfonamides is 1. The third-order valence-corrected chi connectivity index (χ3v) is 3.85. The molecular weight excluding hydrogens is 256 g/mol. The quantitative estimate of drug-likeness (QED) is 0.837. The molecule has 1 aromatic rings. The Morgan fingerprint density at radius 1 is 1.33 bits per heavy atom. The van der Waals surface area contributed by atoms with Crippen molar-refractivity contribution in [1.82, 2.24) is 0 Å². The lowest BCUT2D eigenvalue weighted by Crippen LogP contribution is -2.48. The Bertz CT molecular complexity index is 566. The zero-order valence-electron chi connectivity index (χ0n) is 10.4. The smallest absolute Gasteiger partial charge is 0.328 e. The number of hydrogen-bond donors (Lipinski definition) is 2. The molecule has 18 heavy (non-hydrogen) atoms. The molecule has 0 aliphatic carbocycles. The molecule has 1 rings (SSSR count). The van der Waals surface area contributed by atoms with Crippen LogP contribution in [0.3, 0.4) is 0 Å². The topological polar surface area (TPSA) is 101 Å². The zero-order valence-corrected chi connectivity index (χ0v) is 11.2. The molecule has 0 saturated heterocycles. The molecule has 0 spiro atoms. The van der Waals surface area contributed by atoms with Crippen LogP contribution in [-0.4, -0.2) is 32.1 Å². The van der Waals surface area contributed by atoms with Crippen LogP contribution in [0.1, 0.15) is 13.8 Å². The number of carboxylic acid groups (broad SMARTS) is 1. The summed E-state index contributed by atoms with van der Waals surface area (Å²) in [6.07, 6.45) is 0. The Morgan fingerprint density at radius 3 is 2.28 bits per heavy atom. The Labute approximate surface area is 106 Å². The maximum atomic E-state index is 11.5. The summed E-state index contributed by atoms with van der Waals surface area (Å²) in [4.78, 5) is 12.4. The van der Waals surface area contributed by atoms with Gasteiger partial charge in [0.1, 0.15) is 10.4 Å². The summed E-state index contributed by atoms with van der Waals surface area (Å²) in [6, 6.07) is 6.02. The minimum atomic E-state index is -3.90. The number of rotatable bonds is 4. The summed E-state index contributed by atoms with van der Waals surface area (Å²) in [6.45, 7) is 2.96. The highest BCUT2D eigenvalue weighted by Crippen LogP contribution is 2.28. The second-order valence-electron chi connectivity index (χ2n) is 4.44. The van der Waals surface area contributed by atoms with Crippen LogP contribution < -0.4 is 10.0 Å². The van der Waals surface area contributed by atoms with Gasteiger partial charge in [-0.05, 0) is 26.0 Å². The molecule has 7 heteroatoms.